The number of H-pyrrole nitrogens is 1. The van der Waals surface area contributed by atoms with Crippen LogP contribution in [0.5, 0.6) is 0 Å². The number of ether oxygens (including phenoxy) is 2. The maximum atomic E-state index is 13.0. The van der Waals surface area contributed by atoms with Gasteiger partial charge in [-0.05, 0) is 88.4 Å². The van der Waals surface area contributed by atoms with Crippen LogP contribution in [-0.2, 0) is 14.3 Å². The molecule has 0 saturated carbocycles. The molecule has 0 radical (unpaired) electrons. The second-order valence-electron chi connectivity index (χ2n) is 9.44. The Morgan fingerprint density at radius 1 is 1.23 bits per heavy atom. The molecule has 0 saturated heterocycles. The van der Waals surface area contributed by atoms with Crippen LogP contribution in [0.3, 0.4) is 0 Å². The van der Waals surface area contributed by atoms with Gasteiger partial charge in [0, 0.05) is 23.1 Å². The quantitative estimate of drug-likeness (QED) is 0.456. The first-order valence-electron chi connectivity index (χ1n) is 11.4. The monoisotopic (exact) mass is 474 g/mol. The molecule has 0 unspecified atom stereocenters. The molecule has 0 fully saturated rings. The predicted molar refractivity (Wildman–Crippen MR) is 137 cm³/mol. The van der Waals surface area contributed by atoms with Gasteiger partial charge in [0.1, 0.15) is 17.9 Å². The van der Waals surface area contributed by atoms with Crippen LogP contribution in [0.15, 0.2) is 58.7 Å². The number of carbonyl (C=O) groups is 2. The molecule has 0 spiro atoms. The number of rotatable bonds is 4. The lowest BCUT2D eigenvalue weighted by Crippen LogP contribution is -2.41. The molecule has 2 amide bonds. The van der Waals surface area contributed by atoms with Gasteiger partial charge in [0.2, 0.25) is 5.88 Å². The molecule has 8 heteroatoms. The van der Waals surface area contributed by atoms with Gasteiger partial charge in [-0.25, -0.2) is 9.79 Å². The molecule has 2 aliphatic heterocycles. The maximum Gasteiger partial charge on any atom is 0.415 e. The normalized spacial score (nSPS) is 17.6. The molecule has 2 N–H and O–H groups in total. The van der Waals surface area contributed by atoms with Crippen molar-refractivity contribution in [2.75, 3.05) is 18.5 Å². The van der Waals surface area contributed by atoms with E-state index in [2.05, 4.69) is 22.0 Å². The number of fused-ring (bicyclic) bond motifs is 1. The van der Waals surface area contributed by atoms with Gasteiger partial charge in [-0.1, -0.05) is 6.07 Å². The lowest BCUT2D eigenvalue weighted by molar-refractivity contribution is -0.110. The fourth-order valence-corrected chi connectivity index (χ4v) is 4.06. The Morgan fingerprint density at radius 2 is 2.00 bits per heavy atom. The first-order valence-corrected chi connectivity index (χ1v) is 11.4. The SMILES string of the molecule is C=NC1=C(/C(C)=C(\C)c2ccc3c(c2)/C(=C/c2ccc[nH]2)C(=O)N3)N(C(=O)OC(C)(C)C)CCO1. The first-order chi connectivity index (χ1) is 16.6. The van der Waals surface area contributed by atoms with E-state index in [1.54, 1.807) is 4.90 Å². The zero-order valence-electron chi connectivity index (χ0n) is 20.7. The van der Waals surface area contributed by atoms with Crippen molar-refractivity contribution in [2.45, 2.75) is 40.2 Å². The van der Waals surface area contributed by atoms with Gasteiger partial charge in [0.15, 0.2) is 0 Å². The zero-order valence-corrected chi connectivity index (χ0v) is 20.7. The summed E-state index contributed by atoms with van der Waals surface area (Å²) >= 11 is 0. The highest BCUT2D eigenvalue weighted by Crippen LogP contribution is 2.37. The average molecular weight is 475 g/mol. The minimum atomic E-state index is -0.643. The second kappa shape index (κ2) is 9.29. The minimum Gasteiger partial charge on any atom is -0.474 e. The second-order valence-corrected chi connectivity index (χ2v) is 9.44. The molecule has 0 aliphatic carbocycles. The molecule has 8 nitrogen and oxygen atoms in total. The number of amides is 2. The van der Waals surface area contributed by atoms with E-state index in [4.69, 9.17) is 9.47 Å². The molecule has 4 rings (SSSR count). The number of allylic oxidation sites excluding steroid dienone is 2. The van der Waals surface area contributed by atoms with E-state index in [0.717, 1.165) is 33.7 Å². The Labute approximate surface area is 205 Å². The molecule has 35 heavy (non-hydrogen) atoms. The van der Waals surface area contributed by atoms with Crippen molar-refractivity contribution in [3.63, 3.8) is 0 Å². The summed E-state index contributed by atoms with van der Waals surface area (Å²) in [6.07, 6.45) is 3.18. The predicted octanol–water partition coefficient (Wildman–Crippen LogP) is 5.44. The lowest BCUT2D eigenvalue weighted by Gasteiger charge is -2.33. The molecular weight excluding hydrogens is 444 g/mol. The lowest BCUT2D eigenvalue weighted by atomic mass is 9.95. The number of aliphatic imine (C=N–C) groups is 1. The summed E-state index contributed by atoms with van der Waals surface area (Å²) in [6.45, 7) is 13.6. The summed E-state index contributed by atoms with van der Waals surface area (Å²) < 4.78 is 11.3. The van der Waals surface area contributed by atoms with Crippen LogP contribution in [0.4, 0.5) is 10.5 Å². The summed E-state index contributed by atoms with van der Waals surface area (Å²) in [5, 5.41) is 2.92. The highest BCUT2D eigenvalue weighted by Gasteiger charge is 2.32. The minimum absolute atomic E-state index is 0.150. The number of anilines is 1. The van der Waals surface area contributed by atoms with E-state index in [1.165, 1.54) is 0 Å². The van der Waals surface area contributed by atoms with Crippen molar-refractivity contribution in [2.24, 2.45) is 4.99 Å². The molecule has 1 aromatic carbocycles. The van der Waals surface area contributed by atoms with Gasteiger partial charge in [-0.15, -0.1) is 0 Å². The van der Waals surface area contributed by atoms with E-state index in [-0.39, 0.29) is 11.8 Å². The Balaban J connectivity index is 1.76. The summed E-state index contributed by atoms with van der Waals surface area (Å²) in [4.78, 5) is 34.3. The van der Waals surface area contributed by atoms with Gasteiger partial charge in [0.25, 0.3) is 5.91 Å². The fourth-order valence-electron chi connectivity index (χ4n) is 4.06. The number of nitrogens with one attached hydrogen (secondary N) is 2. The molecule has 2 aromatic rings. The highest BCUT2D eigenvalue weighted by atomic mass is 16.6. The first kappa shape index (κ1) is 24.1. The van der Waals surface area contributed by atoms with Gasteiger partial charge >= 0.3 is 6.09 Å². The van der Waals surface area contributed by atoms with Crippen molar-refractivity contribution >= 4 is 41.6 Å². The largest absolute Gasteiger partial charge is 0.474 e. The average Bonchev–Trinajstić information content (AvgIpc) is 3.44. The van der Waals surface area contributed by atoms with E-state index in [1.807, 2.05) is 77.2 Å². The summed E-state index contributed by atoms with van der Waals surface area (Å²) in [5.74, 6) is 0.132. The van der Waals surface area contributed by atoms with Crippen molar-refractivity contribution in [3.8, 4) is 0 Å². The van der Waals surface area contributed by atoms with Crippen LogP contribution >= 0.6 is 0 Å². The van der Waals surface area contributed by atoms with E-state index in [9.17, 15) is 9.59 Å². The van der Waals surface area contributed by atoms with E-state index < -0.39 is 11.7 Å². The third kappa shape index (κ3) is 4.91. The number of carbonyl (C=O) groups excluding carboxylic acids is 2. The molecule has 3 heterocycles. The van der Waals surface area contributed by atoms with Crippen LogP contribution < -0.4 is 5.32 Å². The van der Waals surface area contributed by atoms with Crippen LogP contribution in [-0.4, -0.2) is 47.4 Å². The molecule has 2 aliphatic rings. The van der Waals surface area contributed by atoms with E-state index >= 15 is 0 Å². The van der Waals surface area contributed by atoms with Crippen LogP contribution in [0.2, 0.25) is 0 Å². The standard InChI is InChI=1S/C27H30N4O4/c1-16(17(2)23-25(28-6)34-13-12-31(23)26(33)35-27(3,4)5)18-9-10-22-20(14-18)21(24(32)30-22)15-19-8-7-11-29-19/h7-11,14-15,29H,6,12-13H2,1-5H3,(H,30,32)/b17-16+,21-15-. The number of nitrogens with zero attached hydrogens (tertiary/aromatic N) is 2. The number of hydrogen-bond donors (Lipinski definition) is 2. The Kier molecular flexibility index (Phi) is 6.39. The van der Waals surface area contributed by atoms with Crippen molar-refractivity contribution in [1.82, 2.24) is 9.88 Å². The van der Waals surface area contributed by atoms with E-state index in [0.29, 0.717) is 24.4 Å². The van der Waals surface area contributed by atoms with Crippen molar-refractivity contribution in [1.29, 1.82) is 0 Å². The Hall–Kier alpha value is -4.07. The third-order valence-corrected chi connectivity index (χ3v) is 5.86. The summed E-state index contributed by atoms with van der Waals surface area (Å²) in [5.41, 5.74) is 5.48. The number of hydrogen-bond acceptors (Lipinski definition) is 5. The molecular formula is C27H30N4O4. The van der Waals surface area contributed by atoms with Crippen LogP contribution in [0.1, 0.15) is 51.4 Å². The zero-order chi connectivity index (χ0) is 25.3. The smallest absolute Gasteiger partial charge is 0.415 e. The molecule has 182 valence electrons. The van der Waals surface area contributed by atoms with Gasteiger partial charge in [-0.2, -0.15) is 0 Å². The summed E-state index contributed by atoms with van der Waals surface area (Å²) in [6, 6.07) is 9.60. The maximum absolute atomic E-state index is 13.0. The van der Waals surface area contributed by atoms with Crippen LogP contribution in [0.25, 0.3) is 17.2 Å². The third-order valence-electron chi connectivity index (χ3n) is 5.86. The van der Waals surface area contributed by atoms with Gasteiger partial charge in [-0.3, -0.25) is 9.69 Å². The number of aromatic nitrogens is 1. The molecule has 1 aromatic heterocycles. The topological polar surface area (TPSA) is 96.0 Å². The van der Waals surface area contributed by atoms with Crippen LogP contribution in [0, 0.1) is 0 Å². The summed E-state index contributed by atoms with van der Waals surface area (Å²) in [7, 11) is 0. The van der Waals surface area contributed by atoms with Gasteiger partial charge in [0.05, 0.1) is 12.1 Å². The Bertz CT molecular complexity index is 1280. The number of aromatic amines is 1. The number of benzene rings is 1. The highest BCUT2D eigenvalue weighted by molar-refractivity contribution is 6.35. The fraction of sp³-hybridized carbons (Fsp3) is 0.296. The molecule has 0 atom stereocenters. The Morgan fingerprint density at radius 3 is 2.66 bits per heavy atom. The van der Waals surface area contributed by atoms with Gasteiger partial charge < -0.3 is 19.8 Å². The van der Waals surface area contributed by atoms with Crippen molar-refractivity contribution < 1.29 is 19.1 Å². The molecule has 0 bridgehead atoms. The van der Waals surface area contributed by atoms with Crippen molar-refractivity contribution in [3.05, 3.63) is 70.5 Å².